The van der Waals surface area contributed by atoms with Gasteiger partial charge in [-0.3, -0.25) is 14.6 Å². The molecule has 1 saturated carbocycles. The van der Waals surface area contributed by atoms with E-state index >= 15 is 0 Å². The lowest BCUT2D eigenvalue weighted by Crippen LogP contribution is -2.35. The quantitative estimate of drug-likeness (QED) is 0.404. The van der Waals surface area contributed by atoms with Crippen LogP contribution in [0.2, 0.25) is 0 Å². The van der Waals surface area contributed by atoms with Gasteiger partial charge in [0, 0.05) is 16.5 Å². The molecule has 0 bridgehead atoms. The van der Waals surface area contributed by atoms with E-state index in [1.807, 2.05) is 74.5 Å². The third-order valence-electron chi connectivity index (χ3n) is 5.57. The molecule has 3 rings (SSSR count). The second-order valence-electron chi connectivity index (χ2n) is 7.58. The highest BCUT2D eigenvalue weighted by atomic mass is 16.6. The van der Waals surface area contributed by atoms with Gasteiger partial charge >= 0.3 is 11.9 Å². The lowest BCUT2D eigenvalue weighted by Gasteiger charge is -2.16. The molecule has 0 saturated heterocycles. The van der Waals surface area contributed by atoms with Gasteiger partial charge in [-0.05, 0) is 13.8 Å². The van der Waals surface area contributed by atoms with E-state index in [9.17, 15) is 9.59 Å². The third kappa shape index (κ3) is 3.46. The minimum atomic E-state index is -1.44. The highest BCUT2D eigenvalue weighted by molar-refractivity contribution is 6.14. The zero-order valence-electron chi connectivity index (χ0n) is 17.3. The summed E-state index contributed by atoms with van der Waals surface area (Å²) in [7, 11) is 0. The summed E-state index contributed by atoms with van der Waals surface area (Å²) >= 11 is 0. The van der Waals surface area contributed by atoms with Gasteiger partial charge in [0.05, 0.1) is 25.0 Å². The number of nitrogens with zero attached hydrogens (tertiary/aromatic N) is 1. The van der Waals surface area contributed by atoms with Crippen LogP contribution in [0.3, 0.4) is 0 Å². The van der Waals surface area contributed by atoms with Crippen LogP contribution in [0, 0.1) is 10.8 Å². The lowest BCUT2D eigenvalue weighted by molar-refractivity contribution is -0.166. The second kappa shape index (κ2) is 8.19. The maximum Gasteiger partial charge on any atom is 0.326 e. The summed E-state index contributed by atoms with van der Waals surface area (Å²) in [6.45, 7) is 7.56. The normalized spacial score (nSPS) is 18.4. The molecular weight excluding hydrogens is 366 g/mol. The largest absolute Gasteiger partial charge is 0.465 e. The number of esters is 2. The zero-order valence-corrected chi connectivity index (χ0v) is 17.3. The van der Waals surface area contributed by atoms with Gasteiger partial charge in [-0.15, -0.1) is 0 Å². The van der Waals surface area contributed by atoms with Crippen molar-refractivity contribution in [3.63, 3.8) is 0 Å². The summed E-state index contributed by atoms with van der Waals surface area (Å²) in [5, 5.41) is 0. The summed E-state index contributed by atoms with van der Waals surface area (Å²) in [6, 6.07) is 18.9. The van der Waals surface area contributed by atoms with Crippen LogP contribution >= 0.6 is 0 Å². The van der Waals surface area contributed by atoms with Gasteiger partial charge in [-0.1, -0.05) is 74.5 Å². The van der Waals surface area contributed by atoms with E-state index in [1.54, 1.807) is 13.8 Å². The Morgan fingerprint density at radius 3 is 1.62 bits per heavy atom. The van der Waals surface area contributed by atoms with Gasteiger partial charge in [-0.2, -0.15) is 0 Å². The average molecular weight is 393 g/mol. The molecule has 1 aliphatic carbocycles. The van der Waals surface area contributed by atoms with Gasteiger partial charge in [0.15, 0.2) is 5.41 Å². The van der Waals surface area contributed by atoms with Crippen LogP contribution in [0.25, 0.3) is 0 Å². The first-order chi connectivity index (χ1) is 13.9. The Kier molecular flexibility index (Phi) is 5.87. The summed E-state index contributed by atoms with van der Waals surface area (Å²) in [4.78, 5) is 30.8. The zero-order chi connectivity index (χ0) is 21.1. The highest BCUT2D eigenvalue weighted by Gasteiger charge is 2.83. The van der Waals surface area contributed by atoms with Crippen LogP contribution in [0.5, 0.6) is 0 Å². The summed E-state index contributed by atoms with van der Waals surface area (Å²) in [5.74, 6) is -1.14. The van der Waals surface area contributed by atoms with Crippen molar-refractivity contribution in [2.45, 2.75) is 33.7 Å². The molecular formula is C24H27NO4. The Morgan fingerprint density at radius 1 is 0.828 bits per heavy atom. The van der Waals surface area contributed by atoms with E-state index in [1.165, 1.54) is 0 Å². The molecule has 1 fully saturated rings. The van der Waals surface area contributed by atoms with Gasteiger partial charge in [-0.25, -0.2) is 0 Å². The van der Waals surface area contributed by atoms with Crippen LogP contribution in [0.4, 0.5) is 0 Å². The standard InChI is InChI=1S/C24H27NO4/c1-5-28-21(26)24(22(27)29-6-2)20(23(24,3)4)25-19(17-13-9-7-10-14-17)18-15-11-8-12-16-18/h7-16,20H,5-6H2,1-4H3. The maximum absolute atomic E-state index is 12.9. The van der Waals surface area contributed by atoms with E-state index in [2.05, 4.69) is 0 Å². The Labute approximate surface area is 171 Å². The molecule has 0 N–H and O–H groups in total. The molecule has 29 heavy (non-hydrogen) atoms. The topological polar surface area (TPSA) is 65.0 Å². The van der Waals surface area contributed by atoms with E-state index in [-0.39, 0.29) is 13.2 Å². The van der Waals surface area contributed by atoms with Crippen LogP contribution in [-0.4, -0.2) is 36.9 Å². The SMILES string of the molecule is CCOC(=O)C1(C(=O)OCC)C(N=C(c2ccccc2)c2ccccc2)C1(C)C. The number of hydrogen-bond donors (Lipinski definition) is 0. The van der Waals surface area contributed by atoms with Crippen LogP contribution in [-0.2, 0) is 19.1 Å². The smallest absolute Gasteiger partial charge is 0.326 e. The maximum atomic E-state index is 12.9. The number of ether oxygens (including phenoxy) is 2. The van der Waals surface area contributed by atoms with Gasteiger partial charge < -0.3 is 9.47 Å². The number of aliphatic imine (C=N–C) groups is 1. The third-order valence-corrected chi connectivity index (χ3v) is 5.57. The molecule has 1 aliphatic rings. The molecule has 5 heteroatoms. The molecule has 1 unspecified atom stereocenters. The van der Waals surface area contributed by atoms with Crippen molar-refractivity contribution in [3.8, 4) is 0 Å². The molecule has 0 amide bonds. The van der Waals surface area contributed by atoms with E-state index in [0.717, 1.165) is 16.8 Å². The summed E-state index contributed by atoms with van der Waals surface area (Å²) < 4.78 is 10.6. The molecule has 0 aromatic heterocycles. The number of hydrogen-bond acceptors (Lipinski definition) is 5. The Morgan fingerprint density at radius 2 is 1.24 bits per heavy atom. The van der Waals surface area contributed by atoms with Crippen molar-refractivity contribution < 1.29 is 19.1 Å². The molecule has 0 aliphatic heterocycles. The molecule has 0 radical (unpaired) electrons. The molecule has 2 aromatic rings. The first-order valence-corrected chi connectivity index (χ1v) is 9.94. The fourth-order valence-electron chi connectivity index (χ4n) is 3.95. The number of carbonyl (C=O) groups excluding carboxylic acids is 2. The Bertz CT molecular complexity index is 843. The molecule has 5 nitrogen and oxygen atoms in total. The monoisotopic (exact) mass is 393 g/mol. The van der Waals surface area contributed by atoms with Gasteiger partial charge in [0.2, 0.25) is 0 Å². The van der Waals surface area contributed by atoms with E-state index in [0.29, 0.717) is 0 Å². The lowest BCUT2D eigenvalue weighted by atomic mass is 9.96. The van der Waals surface area contributed by atoms with E-state index < -0.39 is 28.8 Å². The van der Waals surface area contributed by atoms with Crippen LogP contribution in [0.1, 0.15) is 38.8 Å². The van der Waals surface area contributed by atoms with Crippen molar-refractivity contribution in [3.05, 3.63) is 71.8 Å². The minimum Gasteiger partial charge on any atom is -0.465 e. The van der Waals surface area contributed by atoms with Gasteiger partial charge in [0.25, 0.3) is 0 Å². The molecule has 0 heterocycles. The molecule has 0 spiro atoms. The Balaban J connectivity index is 2.13. The van der Waals surface area contributed by atoms with Crippen molar-refractivity contribution in [2.24, 2.45) is 15.8 Å². The first-order valence-electron chi connectivity index (χ1n) is 9.94. The van der Waals surface area contributed by atoms with Crippen molar-refractivity contribution in [1.29, 1.82) is 0 Å². The first kappa shape index (κ1) is 20.8. The summed E-state index contributed by atoms with van der Waals surface area (Å²) in [5.41, 5.74) is 0.416. The fraction of sp³-hybridized carbons (Fsp3) is 0.375. The number of rotatable bonds is 7. The number of carbonyl (C=O) groups is 2. The molecule has 2 aromatic carbocycles. The van der Waals surface area contributed by atoms with E-state index in [4.69, 9.17) is 14.5 Å². The number of benzene rings is 2. The van der Waals surface area contributed by atoms with Gasteiger partial charge in [0.1, 0.15) is 0 Å². The van der Waals surface area contributed by atoms with Crippen LogP contribution in [0.15, 0.2) is 65.7 Å². The minimum absolute atomic E-state index is 0.191. The predicted molar refractivity (Wildman–Crippen MR) is 112 cm³/mol. The van der Waals surface area contributed by atoms with Crippen molar-refractivity contribution in [1.82, 2.24) is 0 Å². The molecule has 1 atom stereocenters. The highest BCUT2D eigenvalue weighted by Crippen LogP contribution is 2.66. The second-order valence-corrected chi connectivity index (χ2v) is 7.58. The van der Waals surface area contributed by atoms with Crippen LogP contribution < -0.4 is 0 Å². The predicted octanol–water partition coefficient (Wildman–Crippen LogP) is 4.05. The summed E-state index contributed by atoms with van der Waals surface area (Å²) in [6.07, 6.45) is 0. The van der Waals surface area contributed by atoms with Crippen molar-refractivity contribution >= 4 is 17.7 Å². The Hall–Kier alpha value is -2.95. The van der Waals surface area contributed by atoms with Crippen molar-refractivity contribution in [2.75, 3.05) is 13.2 Å². The molecule has 152 valence electrons. The fourth-order valence-corrected chi connectivity index (χ4v) is 3.95. The average Bonchev–Trinajstić information content (AvgIpc) is 3.23.